The van der Waals surface area contributed by atoms with Crippen molar-refractivity contribution in [2.24, 2.45) is 5.14 Å². The number of fused-ring (bicyclic) bond motifs is 1. The fraction of sp³-hybridized carbons (Fsp3) is 0.118. The van der Waals surface area contributed by atoms with Gasteiger partial charge < -0.3 is 9.72 Å². The van der Waals surface area contributed by atoms with E-state index in [0.29, 0.717) is 10.9 Å². The van der Waals surface area contributed by atoms with Gasteiger partial charge in [0.15, 0.2) is 11.9 Å². The first-order chi connectivity index (χ1) is 12.7. The fourth-order valence-electron chi connectivity index (χ4n) is 2.43. The molecule has 0 saturated carbocycles. The standard InChI is InChI=1S/C17H14ClN3O5S/c1-9(15-20-13-5-3-2-4-11(13)16(22)21-15)26-17(23)10-6-7-12(18)14(8-10)27(19,24)25/h2-9H,1H3,(H2,19,24,25)(H,20,21,22). The number of aromatic amines is 1. The monoisotopic (exact) mass is 407 g/mol. The summed E-state index contributed by atoms with van der Waals surface area (Å²) in [6.07, 6.45) is -0.886. The Kier molecular flexibility index (Phi) is 5.01. The number of esters is 1. The van der Waals surface area contributed by atoms with Crippen LogP contribution in [0.2, 0.25) is 5.02 Å². The van der Waals surface area contributed by atoms with Crippen molar-refractivity contribution in [1.29, 1.82) is 0 Å². The lowest BCUT2D eigenvalue weighted by Crippen LogP contribution is -2.18. The number of para-hydroxylation sites is 1. The number of primary sulfonamides is 1. The number of hydrogen-bond acceptors (Lipinski definition) is 6. The van der Waals surface area contributed by atoms with Gasteiger partial charge in [-0.2, -0.15) is 0 Å². The summed E-state index contributed by atoms with van der Waals surface area (Å²) in [4.78, 5) is 30.9. The van der Waals surface area contributed by atoms with Gasteiger partial charge in [0.25, 0.3) is 5.56 Å². The van der Waals surface area contributed by atoms with E-state index < -0.39 is 22.1 Å². The number of sulfonamides is 1. The Bertz CT molecular complexity index is 1210. The van der Waals surface area contributed by atoms with Crippen LogP contribution in [0.15, 0.2) is 52.2 Å². The highest BCUT2D eigenvalue weighted by molar-refractivity contribution is 7.89. The summed E-state index contributed by atoms with van der Waals surface area (Å²) in [5.41, 5.74) is 0.0436. The summed E-state index contributed by atoms with van der Waals surface area (Å²) in [7, 11) is -4.10. The minimum absolute atomic E-state index is 0.0570. The molecule has 1 heterocycles. The molecule has 2 aromatic carbocycles. The first kappa shape index (κ1) is 19.0. The number of carbonyl (C=O) groups excluding carboxylic acids is 1. The Morgan fingerprint density at radius 1 is 1.26 bits per heavy atom. The molecule has 10 heteroatoms. The zero-order valence-electron chi connectivity index (χ0n) is 14.0. The molecule has 1 atom stereocenters. The molecule has 0 fully saturated rings. The number of ether oxygens (including phenoxy) is 1. The summed E-state index contributed by atoms with van der Waals surface area (Å²) in [6, 6.07) is 10.3. The van der Waals surface area contributed by atoms with E-state index in [0.717, 1.165) is 6.07 Å². The van der Waals surface area contributed by atoms with Gasteiger partial charge in [0.05, 0.1) is 21.5 Å². The fourth-order valence-corrected chi connectivity index (χ4v) is 3.50. The number of nitrogens with two attached hydrogens (primary N) is 1. The first-order valence-corrected chi connectivity index (χ1v) is 9.61. The number of rotatable bonds is 4. The largest absolute Gasteiger partial charge is 0.451 e. The number of benzene rings is 2. The normalized spacial score (nSPS) is 12.7. The molecular weight excluding hydrogens is 394 g/mol. The molecule has 3 aromatic rings. The Balaban J connectivity index is 1.89. The molecule has 3 rings (SSSR count). The SMILES string of the molecule is CC(OC(=O)c1ccc(Cl)c(S(N)(=O)=O)c1)c1nc2ccccc2c(=O)[nH]1. The van der Waals surface area contributed by atoms with Crippen LogP contribution >= 0.6 is 11.6 Å². The molecule has 0 aliphatic heterocycles. The predicted molar refractivity (Wildman–Crippen MR) is 99.0 cm³/mol. The number of carbonyl (C=O) groups is 1. The molecule has 0 radical (unpaired) electrons. The van der Waals surface area contributed by atoms with Crippen molar-refractivity contribution in [1.82, 2.24) is 9.97 Å². The topological polar surface area (TPSA) is 132 Å². The molecule has 0 spiro atoms. The van der Waals surface area contributed by atoms with E-state index in [1.165, 1.54) is 19.1 Å². The molecule has 0 bridgehead atoms. The molecule has 1 aromatic heterocycles. The first-order valence-electron chi connectivity index (χ1n) is 7.69. The summed E-state index contributed by atoms with van der Waals surface area (Å²) in [5, 5.41) is 5.38. The number of hydrogen-bond donors (Lipinski definition) is 2. The molecule has 8 nitrogen and oxygen atoms in total. The van der Waals surface area contributed by atoms with Crippen LogP contribution in [-0.4, -0.2) is 24.4 Å². The number of halogens is 1. The van der Waals surface area contributed by atoms with Gasteiger partial charge in [-0.25, -0.2) is 23.3 Å². The number of H-pyrrole nitrogens is 1. The predicted octanol–water partition coefficient (Wildman–Crippen LogP) is 2.14. The zero-order valence-corrected chi connectivity index (χ0v) is 15.5. The summed E-state index contributed by atoms with van der Waals surface area (Å²) in [5.74, 6) is -0.660. The lowest BCUT2D eigenvalue weighted by atomic mass is 10.2. The van der Waals surface area contributed by atoms with Crippen LogP contribution in [0.4, 0.5) is 0 Å². The Morgan fingerprint density at radius 3 is 2.67 bits per heavy atom. The maximum absolute atomic E-state index is 12.3. The van der Waals surface area contributed by atoms with Crippen LogP contribution < -0.4 is 10.7 Å². The second-order valence-corrected chi connectivity index (χ2v) is 7.64. The third-order valence-corrected chi connectivity index (χ3v) is 5.17. The minimum Gasteiger partial charge on any atom is -0.451 e. The maximum atomic E-state index is 12.3. The molecular formula is C17H14ClN3O5S. The van der Waals surface area contributed by atoms with Gasteiger partial charge in [-0.05, 0) is 37.3 Å². The average molecular weight is 408 g/mol. The van der Waals surface area contributed by atoms with Crippen molar-refractivity contribution in [2.45, 2.75) is 17.9 Å². The zero-order chi connectivity index (χ0) is 19.8. The maximum Gasteiger partial charge on any atom is 0.338 e. The molecule has 3 N–H and O–H groups in total. The van der Waals surface area contributed by atoms with Gasteiger partial charge >= 0.3 is 5.97 Å². The molecule has 0 aliphatic carbocycles. The van der Waals surface area contributed by atoms with Crippen LogP contribution in [0, 0.1) is 0 Å². The van der Waals surface area contributed by atoms with E-state index in [4.69, 9.17) is 21.5 Å². The lowest BCUT2D eigenvalue weighted by Gasteiger charge is -2.13. The molecule has 0 saturated heterocycles. The third-order valence-electron chi connectivity index (χ3n) is 3.77. The van der Waals surface area contributed by atoms with Gasteiger partial charge in [0.2, 0.25) is 10.0 Å². The minimum atomic E-state index is -4.10. The van der Waals surface area contributed by atoms with E-state index in [-0.39, 0.29) is 26.9 Å². The van der Waals surface area contributed by atoms with E-state index >= 15 is 0 Å². The van der Waals surface area contributed by atoms with Crippen molar-refractivity contribution in [3.8, 4) is 0 Å². The molecule has 1 unspecified atom stereocenters. The molecule has 27 heavy (non-hydrogen) atoms. The van der Waals surface area contributed by atoms with Gasteiger partial charge in [0.1, 0.15) is 4.90 Å². The Morgan fingerprint density at radius 2 is 1.96 bits per heavy atom. The Labute approximate surface area is 159 Å². The van der Waals surface area contributed by atoms with Crippen LogP contribution in [0.3, 0.4) is 0 Å². The van der Waals surface area contributed by atoms with E-state index in [1.807, 2.05) is 0 Å². The molecule has 140 valence electrons. The highest BCUT2D eigenvalue weighted by atomic mass is 35.5. The second kappa shape index (κ2) is 7.10. The summed E-state index contributed by atoms with van der Waals surface area (Å²) in [6.45, 7) is 1.53. The molecule has 0 aliphatic rings. The van der Waals surface area contributed by atoms with Crippen LogP contribution in [0.25, 0.3) is 10.9 Å². The average Bonchev–Trinajstić information content (AvgIpc) is 2.61. The van der Waals surface area contributed by atoms with Crippen LogP contribution in [0.5, 0.6) is 0 Å². The van der Waals surface area contributed by atoms with Crippen LogP contribution in [-0.2, 0) is 14.8 Å². The van der Waals surface area contributed by atoms with Crippen molar-refractivity contribution in [3.05, 3.63) is 69.2 Å². The van der Waals surface area contributed by atoms with Crippen molar-refractivity contribution in [2.75, 3.05) is 0 Å². The molecule has 0 amide bonds. The third kappa shape index (κ3) is 4.00. The van der Waals surface area contributed by atoms with Crippen molar-refractivity contribution >= 4 is 38.5 Å². The summed E-state index contributed by atoms with van der Waals surface area (Å²) >= 11 is 5.80. The lowest BCUT2D eigenvalue weighted by molar-refractivity contribution is 0.0319. The smallest absolute Gasteiger partial charge is 0.338 e. The van der Waals surface area contributed by atoms with E-state index in [2.05, 4.69) is 9.97 Å². The van der Waals surface area contributed by atoms with E-state index in [9.17, 15) is 18.0 Å². The van der Waals surface area contributed by atoms with Crippen molar-refractivity contribution < 1.29 is 17.9 Å². The van der Waals surface area contributed by atoms with Crippen molar-refractivity contribution in [3.63, 3.8) is 0 Å². The van der Waals surface area contributed by atoms with Gasteiger partial charge in [-0.1, -0.05) is 23.7 Å². The van der Waals surface area contributed by atoms with Gasteiger partial charge in [0, 0.05) is 0 Å². The highest BCUT2D eigenvalue weighted by Crippen LogP contribution is 2.23. The number of nitrogens with one attached hydrogen (secondary N) is 1. The van der Waals surface area contributed by atoms with Gasteiger partial charge in [-0.15, -0.1) is 0 Å². The Hall–Kier alpha value is -2.75. The second-order valence-electron chi connectivity index (χ2n) is 5.71. The van der Waals surface area contributed by atoms with E-state index in [1.54, 1.807) is 24.3 Å². The highest BCUT2D eigenvalue weighted by Gasteiger charge is 2.20. The number of aromatic nitrogens is 2. The van der Waals surface area contributed by atoms with Crippen LogP contribution in [0.1, 0.15) is 29.2 Å². The quantitative estimate of drug-likeness (QED) is 0.636. The summed E-state index contributed by atoms with van der Waals surface area (Å²) < 4.78 is 28.3. The number of nitrogens with zero attached hydrogens (tertiary/aromatic N) is 1. The van der Waals surface area contributed by atoms with Gasteiger partial charge in [-0.3, -0.25) is 4.79 Å².